The maximum absolute atomic E-state index is 11.6. The summed E-state index contributed by atoms with van der Waals surface area (Å²) >= 11 is 0. The Kier molecular flexibility index (Phi) is 6.48. The van der Waals surface area contributed by atoms with Gasteiger partial charge in [-0.05, 0) is 17.9 Å². The first-order valence-electron chi connectivity index (χ1n) is 6.70. The van der Waals surface area contributed by atoms with Crippen molar-refractivity contribution in [2.75, 3.05) is 0 Å². The van der Waals surface area contributed by atoms with Gasteiger partial charge in [0.15, 0.2) is 0 Å². The molecule has 1 amide bonds. The van der Waals surface area contributed by atoms with Crippen LogP contribution in [0.1, 0.15) is 25.8 Å². The average Bonchev–Trinajstić information content (AvgIpc) is 2.43. The SMILES string of the molecule is CC(C)C[C@H](N)C(=O)N/N=C/Cc1ccc([N+](=O)[O-])cc1. The first-order valence-corrected chi connectivity index (χ1v) is 6.70. The van der Waals surface area contributed by atoms with Crippen molar-refractivity contribution in [2.45, 2.75) is 32.7 Å². The number of nitro benzene ring substituents is 1. The zero-order valence-electron chi connectivity index (χ0n) is 12.2. The van der Waals surface area contributed by atoms with E-state index >= 15 is 0 Å². The molecule has 0 heterocycles. The number of amides is 1. The second-order valence-corrected chi connectivity index (χ2v) is 5.15. The van der Waals surface area contributed by atoms with Gasteiger partial charge in [0.25, 0.3) is 11.6 Å². The summed E-state index contributed by atoms with van der Waals surface area (Å²) in [6.07, 6.45) is 2.60. The Morgan fingerprint density at radius 2 is 2.05 bits per heavy atom. The predicted molar refractivity (Wildman–Crippen MR) is 80.9 cm³/mol. The zero-order valence-corrected chi connectivity index (χ0v) is 12.2. The van der Waals surface area contributed by atoms with Gasteiger partial charge in [-0.1, -0.05) is 26.0 Å². The molecular formula is C14H20N4O3. The smallest absolute Gasteiger partial charge is 0.269 e. The molecule has 1 aromatic rings. The van der Waals surface area contributed by atoms with Gasteiger partial charge in [-0.2, -0.15) is 5.10 Å². The van der Waals surface area contributed by atoms with E-state index in [1.807, 2.05) is 13.8 Å². The minimum absolute atomic E-state index is 0.0450. The van der Waals surface area contributed by atoms with Gasteiger partial charge in [0.05, 0.1) is 11.0 Å². The van der Waals surface area contributed by atoms with Crippen LogP contribution in [0.2, 0.25) is 0 Å². The number of rotatable bonds is 7. The number of carbonyl (C=O) groups is 1. The van der Waals surface area contributed by atoms with E-state index in [0.717, 1.165) is 5.56 Å². The highest BCUT2D eigenvalue weighted by Crippen LogP contribution is 2.11. The highest BCUT2D eigenvalue weighted by atomic mass is 16.6. The molecule has 0 aliphatic carbocycles. The van der Waals surface area contributed by atoms with Crippen LogP contribution in [0.5, 0.6) is 0 Å². The van der Waals surface area contributed by atoms with E-state index < -0.39 is 11.0 Å². The summed E-state index contributed by atoms with van der Waals surface area (Å²) in [5, 5.41) is 14.3. The van der Waals surface area contributed by atoms with E-state index in [0.29, 0.717) is 18.8 Å². The maximum atomic E-state index is 11.6. The lowest BCUT2D eigenvalue weighted by molar-refractivity contribution is -0.384. The number of hydrogen-bond donors (Lipinski definition) is 2. The Hall–Kier alpha value is -2.28. The molecule has 1 atom stereocenters. The van der Waals surface area contributed by atoms with Crippen LogP contribution in [0.25, 0.3) is 0 Å². The Morgan fingerprint density at radius 3 is 2.57 bits per heavy atom. The maximum Gasteiger partial charge on any atom is 0.269 e. The van der Waals surface area contributed by atoms with Crippen LogP contribution in [-0.2, 0) is 11.2 Å². The number of nitrogens with zero attached hydrogens (tertiary/aromatic N) is 2. The molecule has 0 aliphatic rings. The fourth-order valence-electron chi connectivity index (χ4n) is 1.71. The van der Waals surface area contributed by atoms with E-state index in [2.05, 4.69) is 10.5 Å². The number of nitrogens with two attached hydrogens (primary N) is 1. The van der Waals surface area contributed by atoms with Crippen LogP contribution in [0.15, 0.2) is 29.4 Å². The van der Waals surface area contributed by atoms with E-state index in [4.69, 9.17) is 5.73 Å². The van der Waals surface area contributed by atoms with Gasteiger partial charge in [0.2, 0.25) is 0 Å². The monoisotopic (exact) mass is 292 g/mol. The lowest BCUT2D eigenvalue weighted by Gasteiger charge is -2.11. The minimum atomic E-state index is -0.568. The van der Waals surface area contributed by atoms with Gasteiger partial charge in [-0.15, -0.1) is 0 Å². The molecule has 0 aromatic heterocycles. The summed E-state index contributed by atoms with van der Waals surface area (Å²) in [5.41, 5.74) is 9.00. The van der Waals surface area contributed by atoms with Crippen molar-refractivity contribution in [1.29, 1.82) is 0 Å². The highest BCUT2D eigenvalue weighted by molar-refractivity contribution is 5.82. The van der Waals surface area contributed by atoms with Crippen molar-refractivity contribution in [3.8, 4) is 0 Å². The molecule has 0 spiro atoms. The summed E-state index contributed by atoms with van der Waals surface area (Å²) in [6.45, 7) is 3.98. The molecule has 0 saturated heterocycles. The second-order valence-electron chi connectivity index (χ2n) is 5.15. The lowest BCUT2D eigenvalue weighted by atomic mass is 10.0. The molecular weight excluding hydrogens is 272 g/mol. The van der Waals surface area contributed by atoms with E-state index in [-0.39, 0.29) is 11.6 Å². The van der Waals surface area contributed by atoms with Crippen molar-refractivity contribution < 1.29 is 9.72 Å². The quantitative estimate of drug-likeness (QED) is 0.452. The Labute approximate surface area is 123 Å². The highest BCUT2D eigenvalue weighted by Gasteiger charge is 2.13. The van der Waals surface area contributed by atoms with Crippen LogP contribution in [0.4, 0.5) is 5.69 Å². The molecule has 7 heteroatoms. The first kappa shape index (κ1) is 16.8. The number of benzene rings is 1. The fraction of sp³-hybridized carbons (Fsp3) is 0.429. The van der Waals surface area contributed by atoms with E-state index in [1.54, 1.807) is 12.1 Å². The Morgan fingerprint density at radius 1 is 1.43 bits per heavy atom. The molecule has 1 rings (SSSR count). The summed E-state index contributed by atoms with van der Waals surface area (Å²) in [5.74, 6) is 0.0264. The first-order chi connectivity index (χ1) is 9.90. The summed E-state index contributed by atoms with van der Waals surface area (Å²) in [7, 11) is 0. The third kappa shape index (κ3) is 6.13. The predicted octanol–water partition coefficient (Wildman–Crippen LogP) is 1.61. The number of nitrogens with one attached hydrogen (secondary N) is 1. The van der Waals surface area contributed by atoms with Crippen LogP contribution < -0.4 is 11.2 Å². The number of nitro groups is 1. The Bertz CT molecular complexity index is 511. The molecule has 3 N–H and O–H groups in total. The van der Waals surface area contributed by atoms with Crippen molar-refractivity contribution >= 4 is 17.8 Å². The van der Waals surface area contributed by atoms with Crippen molar-refractivity contribution in [1.82, 2.24) is 5.43 Å². The molecule has 114 valence electrons. The zero-order chi connectivity index (χ0) is 15.8. The molecule has 21 heavy (non-hydrogen) atoms. The minimum Gasteiger partial charge on any atom is -0.320 e. The number of hydrazone groups is 1. The molecule has 0 saturated carbocycles. The standard InChI is InChI=1S/C14H20N4O3/c1-10(2)9-13(15)14(19)17-16-8-7-11-3-5-12(6-4-11)18(20)21/h3-6,8,10,13H,7,9,15H2,1-2H3,(H,17,19)/b16-8+/t13-/m0/s1. The second kappa shape index (κ2) is 8.11. The normalized spacial score (nSPS) is 12.6. The summed E-state index contributed by atoms with van der Waals surface area (Å²) in [6, 6.07) is 5.59. The van der Waals surface area contributed by atoms with Gasteiger partial charge >= 0.3 is 0 Å². The number of hydrogen-bond acceptors (Lipinski definition) is 5. The van der Waals surface area contributed by atoms with Crippen LogP contribution in [0.3, 0.4) is 0 Å². The van der Waals surface area contributed by atoms with Gasteiger partial charge in [0, 0.05) is 24.8 Å². The molecule has 0 unspecified atom stereocenters. The molecule has 0 radical (unpaired) electrons. The number of carbonyl (C=O) groups excluding carboxylic acids is 1. The molecule has 7 nitrogen and oxygen atoms in total. The fourth-order valence-corrected chi connectivity index (χ4v) is 1.71. The largest absolute Gasteiger partial charge is 0.320 e. The number of non-ortho nitro benzene ring substituents is 1. The van der Waals surface area contributed by atoms with Crippen LogP contribution in [-0.4, -0.2) is 23.1 Å². The van der Waals surface area contributed by atoms with Gasteiger partial charge in [0.1, 0.15) is 0 Å². The van der Waals surface area contributed by atoms with Crippen LogP contribution >= 0.6 is 0 Å². The summed E-state index contributed by atoms with van der Waals surface area (Å²) in [4.78, 5) is 21.6. The van der Waals surface area contributed by atoms with E-state index in [1.165, 1.54) is 18.3 Å². The average molecular weight is 292 g/mol. The lowest BCUT2D eigenvalue weighted by Crippen LogP contribution is -2.39. The Balaban J connectivity index is 2.41. The third-order valence-corrected chi connectivity index (χ3v) is 2.80. The molecule has 0 bridgehead atoms. The van der Waals surface area contributed by atoms with Crippen LogP contribution in [0, 0.1) is 16.0 Å². The van der Waals surface area contributed by atoms with Crippen molar-refractivity contribution in [2.24, 2.45) is 16.8 Å². The van der Waals surface area contributed by atoms with Crippen molar-refractivity contribution in [3.05, 3.63) is 39.9 Å². The summed E-state index contributed by atoms with van der Waals surface area (Å²) < 4.78 is 0. The topological polar surface area (TPSA) is 111 Å². The van der Waals surface area contributed by atoms with E-state index in [9.17, 15) is 14.9 Å². The van der Waals surface area contributed by atoms with Gasteiger partial charge in [-0.3, -0.25) is 14.9 Å². The molecule has 1 aromatic carbocycles. The molecule has 0 aliphatic heterocycles. The van der Waals surface area contributed by atoms with Gasteiger partial charge < -0.3 is 5.73 Å². The van der Waals surface area contributed by atoms with Crippen molar-refractivity contribution in [3.63, 3.8) is 0 Å². The third-order valence-electron chi connectivity index (χ3n) is 2.80. The van der Waals surface area contributed by atoms with Gasteiger partial charge in [-0.25, -0.2) is 5.43 Å². The molecule has 0 fully saturated rings.